The van der Waals surface area contributed by atoms with Crippen LogP contribution in [0.4, 0.5) is 11.4 Å². The number of carbonyl (C=O) groups is 1. The molecule has 172 valence electrons. The molecule has 0 radical (unpaired) electrons. The molecule has 0 aliphatic heterocycles. The van der Waals surface area contributed by atoms with E-state index in [-0.39, 0.29) is 26.9 Å². The molecule has 3 rings (SSSR count). The molecule has 1 amide bonds. The zero-order valence-corrected chi connectivity index (χ0v) is 19.3. The van der Waals surface area contributed by atoms with Gasteiger partial charge < -0.3 is 9.50 Å². The molecular formula is C22H13Cl2N3O6S. The summed E-state index contributed by atoms with van der Waals surface area (Å²) in [6.45, 7) is 0. The first-order chi connectivity index (χ1) is 16.1. The highest BCUT2D eigenvalue weighted by molar-refractivity contribution is 7.87. The third kappa shape index (κ3) is 6.11. The topological polar surface area (TPSA) is 139 Å². The zero-order chi connectivity index (χ0) is 24.9. The van der Waals surface area contributed by atoms with E-state index in [9.17, 15) is 28.6 Å². The first-order valence-electron chi connectivity index (χ1n) is 9.26. The first kappa shape index (κ1) is 24.7. The summed E-state index contributed by atoms with van der Waals surface area (Å²) in [6.07, 6.45) is 1.25. The second-order valence-corrected chi connectivity index (χ2v) is 8.97. The quantitative estimate of drug-likeness (QED) is 0.149. The fourth-order valence-corrected chi connectivity index (χ4v) is 3.87. The van der Waals surface area contributed by atoms with Crippen molar-refractivity contribution in [2.45, 2.75) is 4.90 Å². The van der Waals surface area contributed by atoms with E-state index in [4.69, 9.17) is 27.4 Å². The Morgan fingerprint density at radius 2 is 1.76 bits per heavy atom. The maximum absolute atomic E-state index is 12.5. The number of hydrogen-bond acceptors (Lipinski definition) is 7. The van der Waals surface area contributed by atoms with Crippen LogP contribution in [0.1, 0.15) is 5.56 Å². The fraction of sp³-hybridized carbons (Fsp3) is 0. The van der Waals surface area contributed by atoms with Crippen molar-refractivity contribution in [1.82, 2.24) is 0 Å². The molecule has 0 aromatic heterocycles. The molecule has 0 atom stereocenters. The molecule has 0 aliphatic rings. The Balaban J connectivity index is 1.80. The van der Waals surface area contributed by atoms with Gasteiger partial charge in [0.1, 0.15) is 22.3 Å². The molecule has 12 heteroatoms. The van der Waals surface area contributed by atoms with Gasteiger partial charge in [0.05, 0.1) is 15.0 Å². The lowest BCUT2D eigenvalue weighted by atomic mass is 10.1. The van der Waals surface area contributed by atoms with E-state index in [2.05, 4.69) is 5.32 Å². The van der Waals surface area contributed by atoms with Crippen LogP contribution < -0.4 is 9.50 Å². The van der Waals surface area contributed by atoms with Crippen molar-refractivity contribution in [3.05, 3.63) is 98.0 Å². The van der Waals surface area contributed by atoms with Crippen molar-refractivity contribution in [3.8, 4) is 11.8 Å². The van der Waals surface area contributed by atoms with Crippen LogP contribution in [0.15, 0.2) is 77.2 Å². The standard InChI is InChI=1S/C22H13Cl2N3O6S/c23-20-9-4-16(12-21(20)24)26-22(28)15(13-25)10-14-2-1-3-18(11-14)33-34(31,32)19-7-5-17(6-8-19)27(29)30/h1-12H,(H,26,28)/b15-10-. The SMILES string of the molecule is N#C/C(=C/c1cccc(OS(=O)(=O)c2ccc([N+](=O)[O-])cc2)c1)C(=O)Nc1ccc(Cl)c(Cl)c1. The number of hydrogen-bond donors (Lipinski definition) is 1. The number of halogens is 2. The average molecular weight is 518 g/mol. The smallest absolute Gasteiger partial charge is 0.339 e. The number of nitrogens with one attached hydrogen (secondary N) is 1. The minimum absolute atomic E-state index is 0.0886. The van der Waals surface area contributed by atoms with Gasteiger partial charge in [0.25, 0.3) is 11.6 Å². The maximum atomic E-state index is 12.5. The lowest BCUT2D eigenvalue weighted by molar-refractivity contribution is -0.384. The number of nitro benzene ring substituents is 1. The van der Waals surface area contributed by atoms with E-state index in [0.717, 1.165) is 24.3 Å². The van der Waals surface area contributed by atoms with Gasteiger partial charge in [-0.3, -0.25) is 14.9 Å². The number of nitro groups is 1. The summed E-state index contributed by atoms with van der Waals surface area (Å²) in [5, 5.41) is 23.2. The van der Waals surface area contributed by atoms with E-state index in [1.807, 2.05) is 0 Å². The predicted octanol–water partition coefficient (Wildman–Crippen LogP) is 5.21. The molecule has 0 heterocycles. The van der Waals surface area contributed by atoms with E-state index in [0.29, 0.717) is 16.3 Å². The van der Waals surface area contributed by atoms with Crippen LogP contribution >= 0.6 is 23.2 Å². The van der Waals surface area contributed by atoms with Crippen LogP contribution in [-0.4, -0.2) is 19.2 Å². The highest BCUT2D eigenvalue weighted by atomic mass is 35.5. The number of nitriles is 1. The van der Waals surface area contributed by atoms with Gasteiger partial charge in [-0.15, -0.1) is 0 Å². The Labute approximate surface area is 204 Å². The summed E-state index contributed by atoms with van der Waals surface area (Å²) in [6, 6.07) is 16.1. The highest BCUT2D eigenvalue weighted by Gasteiger charge is 2.18. The van der Waals surface area contributed by atoms with Gasteiger partial charge in [0.15, 0.2) is 0 Å². The fourth-order valence-electron chi connectivity index (χ4n) is 2.65. The summed E-state index contributed by atoms with van der Waals surface area (Å²) >= 11 is 11.8. The molecule has 3 aromatic rings. The van der Waals surface area contributed by atoms with Gasteiger partial charge >= 0.3 is 10.1 Å². The van der Waals surface area contributed by atoms with E-state index in [1.165, 1.54) is 48.5 Å². The molecule has 0 bridgehead atoms. The van der Waals surface area contributed by atoms with Gasteiger partial charge in [-0.1, -0.05) is 35.3 Å². The Bertz CT molecular complexity index is 1450. The Morgan fingerprint density at radius 1 is 1.06 bits per heavy atom. The van der Waals surface area contributed by atoms with Crippen molar-refractivity contribution in [3.63, 3.8) is 0 Å². The summed E-state index contributed by atoms with van der Waals surface area (Å²) in [7, 11) is -4.28. The number of carbonyl (C=O) groups excluding carboxylic acids is 1. The Kier molecular flexibility index (Phi) is 7.53. The third-order valence-electron chi connectivity index (χ3n) is 4.25. The second kappa shape index (κ2) is 10.4. The molecule has 0 aliphatic carbocycles. The lowest BCUT2D eigenvalue weighted by Gasteiger charge is -2.08. The Hall–Kier alpha value is -3.91. The maximum Gasteiger partial charge on any atom is 0.339 e. The number of anilines is 1. The van der Waals surface area contributed by atoms with Crippen LogP contribution in [0, 0.1) is 21.4 Å². The van der Waals surface area contributed by atoms with Gasteiger partial charge in [-0.05, 0) is 54.1 Å². The minimum Gasteiger partial charge on any atom is -0.379 e. The third-order valence-corrected chi connectivity index (χ3v) is 6.25. The largest absolute Gasteiger partial charge is 0.379 e. The summed E-state index contributed by atoms with van der Waals surface area (Å²) in [5.41, 5.74) is 0.111. The summed E-state index contributed by atoms with van der Waals surface area (Å²) in [4.78, 5) is 22.3. The molecule has 34 heavy (non-hydrogen) atoms. The van der Waals surface area contributed by atoms with E-state index in [1.54, 1.807) is 6.07 Å². The molecule has 0 saturated carbocycles. The number of benzene rings is 3. The van der Waals surface area contributed by atoms with E-state index >= 15 is 0 Å². The van der Waals surface area contributed by atoms with Gasteiger partial charge in [0, 0.05) is 17.8 Å². The van der Waals surface area contributed by atoms with E-state index < -0.39 is 20.9 Å². The minimum atomic E-state index is -4.28. The van der Waals surface area contributed by atoms with Crippen LogP contribution in [0.25, 0.3) is 6.08 Å². The van der Waals surface area contributed by atoms with Gasteiger partial charge in [-0.2, -0.15) is 13.7 Å². The number of nitrogens with zero attached hydrogens (tertiary/aromatic N) is 2. The van der Waals surface area contributed by atoms with Crippen LogP contribution in [0.3, 0.4) is 0 Å². The monoisotopic (exact) mass is 517 g/mol. The molecule has 0 saturated heterocycles. The van der Waals surface area contributed by atoms with Crippen LogP contribution in [0.2, 0.25) is 10.0 Å². The average Bonchev–Trinajstić information content (AvgIpc) is 2.80. The zero-order valence-electron chi connectivity index (χ0n) is 16.9. The molecule has 0 fully saturated rings. The summed E-state index contributed by atoms with van der Waals surface area (Å²) in [5.74, 6) is -0.806. The Morgan fingerprint density at radius 3 is 2.38 bits per heavy atom. The van der Waals surface area contributed by atoms with Gasteiger partial charge in [0.2, 0.25) is 0 Å². The van der Waals surface area contributed by atoms with Crippen molar-refractivity contribution in [2.75, 3.05) is 5.32 Å². The van der Waals surface area contributed by atoms with Crippen molar-refractivity contribution in [2.24, 2.45) is 0 Å². The van der Waals surface area contributed by atoms with Crippen molar-refractivity contribution >= 4 is 56.7 Å². The molecule has 0 spiro atoms. The molecule has 9 nitrogen and oxygen atoms in total. The highest BCUT2D eigenvalue weighted by Crippen LogP contribution is 2.26. The van der Waals surface area contributed by atoms with Crippen LogP contribution in [0.5, 0.6) is 5.75 Å². The van der Waals surface area contributed by atoms with Gasteiger partial charge in [-0.25, -0.2) is 0 Å². The molecular weight excluding hydrogens is 505 g/mol. The molecule has 0 unspecified atom stereocenters. The number of amides is 1. The normalized spacial score (nSPS) is 11.4. The van der Waals surface area contributed by atoms with Crippen LogP contribution in [-0.2, 0) is 14.9 Å². The molecule has 3 aromatic carbocycles. The lowest BCUT2D eigenvalue weighted by Crippen LogP contribution is -2.13. The summed E-state index contributed by atoms with van der Waals surface area (Å²) < 4.78 is 30.1. The number of non-ortho nitro benzene ring substituents is 1. The van der Waals surface area contributed by atoms with Crippen molar-refractivity contribution < 1.29 is 22.3 Å². The van der Waals surface area contributed by atoms with Crippen molar-refractivity contribution in [1.29, 1.82) is 5.26 Å². The first-order valence-corrected chi connectivity index (χ1v) is 11.4. The second-order valence-electron chi connectivity index (χ2n) is 6.61. The number of rotatable bonds is 7. The molecule has 1 N–H and O–H groups in total. The predicted molar refractivity (Wildman–Crippen MR) is 126 cm³/mol.